The molecule has 0 N–H and O–H groups in total. The first kappa shape index (κ1) is 23.3. The Hall–Kier alpha value is -2.95. The van der Waals surface area contributed by atoms with Crippen LogP contribution in [0.2, 0.25) is 0 Å². The molecule has 0 atom stereocenters. The first-order valence-electron chi connectivity index (χ1n) is 10.4. The number of hydrogen-bond donors (Lipinski definition) is 0. The van der Waals surface area contributed by atoms with Gasteiger partial charge in [0.1, 0.15) is 31.0 Å². The van der Waals surface area contributed by atoms with Gasteiger partial charge in [-0.2, -0.15) is 0 Å². The van der Waals surface area contributed by atoms with Crippen LogP contribution >= 0.6 is 0 Å². The van der Waals surface area contributed by atoms with Crippen LogP contribution in [0.1, 0.15) is 43.4 Å². The number of nitrogens with zero attached hydrogens (tertiary/aromatic N) is 1. The Morgan fingerprint density at radius 3 is 2.20 bits per heavy atom. The minimum atomic E-state index is 0.576. The van der Waals surface area contributed by atoms with Crippen LogP contribution in [0.3, 0.4) is 0 Å². The Morgan fingerprint density at radius 1 is 0.933 bits per heavy atom. The van der Waals surface area contributed by atoms with Gasteiger partial charge in [0.15, 0.2) is 0 Å². The van der Waals surface area contributed by atoms with E-state index < -0.39 is 0 Å². The highest BCUT2D eigenvalue weighted by Crippen LogP contribution is 2.28. The van der Waals surface area contributed by atoms with Gasteiger partial charge in [-0.15, -0.1) is 0 Å². The summed E-state index contributed by atoms with van der Waals surface area (Å²) in [6, 6.07) is 11.9. The van der Waals surface area contributed by atoms with Gasteiger partial charge in [0, 0.05) is 6.42 Å². The molecule has 30 heavy (non-hydrogen) atoms. The summed E-state index contributed by atoms with van der Waals surface area (Å²) in [5.74, 6) is 2.62. The third-order valence-electron chi connectivity index (χ3n) is 4.54. The van der Waals surface area contributed by atoms with Crippen molar-refractivity contribution in [3.05, 3.63) is 65.2 Å². The average molecular weight is 412 g/mol. The molecule has 0 aliphatic heterocycles. The van der Waals surface area contributed by atoms with Crippen LogP contribution < -0.4 is 14.2 Å². The van der Waals surface area contributed by atoms with Crippen molar-refractivity contribution < 1.29 is 19.0 Å². The molecule has 0 spiro atoms. The molecule has 2 aromatic rings. The maximum atomic E-state index is 6.00. The van der Waals surface area contributed by atoms with Crippen molar-refractivity contribution in [1.29, 1.82) is 0 Å². The minimum Gasteiger partial charge on any atom is -0.493 e. The molecular formula is C25H33NO4. The number of rotatable bonds is 12. The van der Waals surface area contributed by atoms with E-state index >= 15 is 0 Å². The van der Waals surface area contributed by atoms with Crippen molar-refractivity contribution in [1.82, 2.24) is 0 Å². The minimum absolute atomic E-state index is 0.576. The summed E-state index contributed by atoms with van der Waals surface area (Å²) in [6.45, 7) is 9.88. The second-order valence-electron chi connectivity index (χ2n) is 6.92. The molecule has 2 aromatic carbocycles. The number of benzene rings is 2. The Balaban J connectivity index is 1.79. The molecule has 0 heterocycles. The molecule has 2 rings (SSSR count). The van der Waals surface area contributed by atoms with Crippen LogP contribution in [-0.2, 0) is 4.84 Å². The molecule has 0 radical (unpaired) electrons. The van der Waals surface area contributed by atoms with Gasteiger partial charge < -0.3 is 19.0 Å². The van der Waals surface area contributed by atoms with Crippen molar-refractivity contribution in [3.8, 4) is 17.2 Å². The lowest BCUT2D eigenvalue weighted by molar-refractivity contribution is 0.213. The van der Waals surface area contributed by atoms with E-state index in [-0.39, 0.29) is 0 Å². The van der Waals surface area contributed by atoms with E-state index in [1.54, 1.807) is 7.11 Å². The lowest BCUT2D eigenvalue weighted by Gasteiger charge is -2.14. The fourth-order valence-corrected chi connectivity index (χ4v) is 3.06. The third kappa shape index (κ3) is 7.14. The number of aryl methyl sites for hydroxylation is 2. The van der Waals surface area contributed by atoms with E-state index in [0.717, 1.165) is 52.5 Å². The largest absolute Gasteiger partial charge is 0.493 e. The van der Waals surface area contributed by atoms with Crippen molar-refractivity contribution in [2.24, 2.45) is 5.16 Å². The molecule has 0 aliphatic carbocycles. The van der Waals surface area contributed by atoms with Gasteiger partial charge >= 0.3 is 0 Å². The summed E-state index contributed by atoms with van der Waals surface area (Å²) in [5.41, 5.74) is 4.11. The molecule has 5 nitrogen and oxygen atoms in total. The number of allylic oxidation sites excluding steroid dienone is 1. The fourth-order valence-electron chi connectivity index (χ4n) is 3.06. The molecular weight excluding hydrogens is 378 g/mol. The lowest BCUT2D eigenvalue weighted by Crippen LogP contribution is -2.07. The monoisotopic (exact) mass is 411 g/mol. The molecule has 0 unspecified atom stereocenters. The molecule has 5 heteroatoms. The predicted molar refractivity (Wildman–Crippen MR) is 122 cm³/mol. The molecule has 0 saturated carbocycles. The summed E-state index contributed by atoms with van der Waals surface area (Å²) in [6.07, 6.45) is 5.57. The van der Waals surface area contributed by atoms with Crippen LogP contribution in [0.25, 0.3) is 0 Å². The lowest BCUT2D eigenvalue weighted by atomic mass is 10.1. The smallest absolute Gasteiger partial charge is 0.125 e. The topological polar surface area (TPSA) is 49.3 Å². The molecule has 0 fully saturated rings. The van der Waals surface area contributed by atoms with E-state index in [2.05, 4.69) is 12.1 Å². The molecule has 0 saturated heterocycles. The Labute approximate surface area is 180 Å². The Bertz CT molecular complexity index is 818. The summed E-state index contributed by atoms with van der Waals surface area (Å²) >= 11 is 0. The van der Waals surface area contributed by atoms with Crippen molar-refractivity contribution in [2.75, 3.05) is 26.9 Å². The van der Waals surface area contributed by atoms with E-state index in [4.69, 9.17) is 19.0 Å². The van der Waals surface area contributed by atoms with Gasteiger partial charge in [0.05, 0.1) is 18.9 Å². The zero-order valence-electron chi connectivity index (χ0n) is 18.7. The quantitative estimate of drug-likeness (QED) is 0.190. The summed E-state index contributed by atoms with van der Waals surface area (Å²) in [7, 11) is 1.56. The predicted octanol–water partition coefficient (Wildman–Crippen LogP) is 5.87. The van der Waals surface area contributed by atoms with Gasteiger partial charge in [0.2, 0.25) is 0 Å². The Morgan fingerprint density at radius 2 is 1.60 bits per heavy atom. The first-order valence-corrected chi connectivity index (χ1v) is 10.4. The van der Waals surface area contributed by atoms with Crippen LogP contribution in [0.4, 0.5) is 0 Å². The van der Waals surface area contributed by atoms with E-state index in [1.807, 2.05) is 69.3 Å². The van der Waals surface area contributed by atoms with Crippen molar-refractivity contribution in [2.45, 2.75) is 40.5 Å². The number of ether oxygens (including phenoxy) is 3. The molecule has 0 aromatic heterocycles. The maximum Gasteiger partial charge on any atom is 0.125 e. The van der Waals surface area contributed by atoms with Gasteiger partial charge in [-0.3, -0.25) is 0 Å². The summed E-state index contributed by atoms with van der Waals surface area (Å²) < 4.78 is 17.6. The van der Waals surface area contributed by atoms with Crippen molar-refractivity contribution in [3.63, 3.8) is 0 Å². The van der Waals surface area contributed by atoms with Crippen molar-refractivity contribution >= 4 is 5.71 Å². The first-order chi connectivity index (χ1) is 14.6. The summed E-state index contributed by atoms with van der Waals surface area (Å²) in [4.78, 5) is 4.89. The third-order valence-corrected chi connectivity index (χ3v) is 4.54. The highest BCUT2D eigenvalue weighted by Gasteiger charge is 2.08. The molecule has 0 amide bonds. The zero-order chi connectivity index (χ0) is 21.8. The van der Waals surface area contributed by atoms with Crippen LogP contribution in [0, 0.1) is 13.8 Å². The van der Waals surface area contributed by atoms with Crippen LogP contribution in [0.15, 0.2) is 53.7 Å². The Kier molecular flexibility index (Phi) is 9.78. The molecule has 0 bridgehead atoms. The standard InChI is InChI=1S/C25H33NO4/c1-6-8-14-29-23-17-19(3)25(20(4)18-23)30-16-9-15-28-22-12-10-21(11-13-22)24(7-2)26-27-5/h6,8,10-13,17-18H,7,9,14-16H2,1-5H3/b8-6+,26-24+. The zero-order valence-corrected chi connectivity index (χ0v) is 18.7. The molecule has 0 aliphatic rings. The van der Waals surface area contributed by atoms with Crippen LogP contribution in [0.5, 0.6) is 17.2 Å². The summed E-state index contributed by atoms with van der Waals surface area (Å²) in [5, 5.41) is 4.04. The van der Waals surface area contributed by atoms with Gasteiger partial charge in [-0.1, -0.05) is 24.2 Å². The van der Waals surface area contributed by atoms with E-state index in [0.29, 0.717) is 19.8 Å². The normalized spacial score (nSPS) is 11.6. The highest BCUT2D eigenvalue weighted by atomic mass is 16.6. The molecule has 162 valence electrons. The van der Waals surface area contributed by atoms with Gasteiger partial charge in [-0.25, -0.2) is 0 Å². The SMILES string of the molecule is C/C=C/COc1cc(C)c(OCCCOc2ccc(/C(CC)=N/OC)cc2)c(C)c1. The second kappa shape index (κ2) is 12.6. The average Bonchev–Trinajstić information content (AvgIpc) is 2.74. The van der Waals surface area contributed by atoms with E-state index in [1.165, 1.54) is 0 Å². The highest BCUT2D eigenvalue weighted by molar-refractivity contribution is 6.00. The van der Waals surface area contributed by atoms with Gasteiger partial charge in [-0.05, 0) is 80.3 Å². The van der Waals surface area contributed by atoms with Crippen LogP contribution in [-0.4, -0.2) is 32.6 Å². The fraction of sp³-hybridized carbons (Fsp3) is 0.400. The number of hydrogen-bond acceptors (Lipinski definition) is 5. The number of oxime groups is 1. The van der Waals surface area contributed by atoms with Gasteiger partial charge in [0.25, 0.3) is 0 Å². The van der Waals surface area contributed by atoms with E-state index in [9.17, 15) is 0 Å². The maximum absolute atomic E-state index is 6.00. The second-order valence-corrected chi connectivity index (χ2v) is 6.92.